The van der Waals surface area contributed by atoms with Crippen LogP contribution in [-0.2, 0) is 19.6 Å². The van der Waals surface area contributed by atoms with E-state index in [0.29, 0.717) is 0 Å². The van der Waals surface area contributed by atoms with Crippen molar-refractivity contribution in [2.75, 3.05) is 0 Å². The second kappa shape index (κ2) is 7.08. The molecule has 0 radical (unpaired) electrons. The number of sulfonamides is 1. The van der Waals surface area contributed by atoms with Crippen molar-refractivity contribution in [2.24, 2.45) is 0 Å². The molecule has 21 heavy (non-hydrogen) atoms. The van der Waals surface area contributed by atoms with E-state index in [9.17, 15) is 18.0 Å². The summed E-state index contributed by atoms with van der Waals surface area (Å²) in [5.41, 5.74) is 1.78. The maximum atomic E-state index is 12.0. The Balaban J connectivity index is 2.81. The van der Waals surface area contributed by atoms with Crippen LogP contribution in [0.1, 0.15) is 13.8 Å². The van der Waals surface area contributed by atoms with E-state index in [4.69, 9.17) is 23.2 Å². The minimum absolute atomic E-state index is 0.0448. The molecule has 0 aliphatic carbocycles. The highest BCUT2D eigenvalue weighted by atomic mass is 35.5. The molecule has 0 aliphatic heterocycles. The summed E-state index contributed by atoms with van der Waals surface area (Å²) in [6.07, 6.45) is 0. The van der Waals surface area contributed by atoms with Crippen LogP contribution >= 0.6 is 23.2 Å². The Morgan fingerprint density at radius 1 is 1.14 bits per heavy atom. The van der Waals surface area contributed by atoms with E-state index >= 15 is 0 Å². The highest BCUT2D eigenvalue weighted by Gasteiger charge is 2.22. The molecule has 3 N–H and O–H groups in total. The second-order valence-corrected chi connectivity index (χ2v) is 6.68. The predicted octanol–water partition coefficient (Wildman–Crippen LogP) is 0.828. The molecule has 0 aromatic heterocycles. The molecule has 0 unspecified atom stereocenters. The molecule has 1 aromatic carbocycles. The van der Waals surface area contributed by atoms with Crippen LogP contribution in [0.4, 0.5) is 0 Å². The van der Waals surface area contributed by atoms with Crippen molar-refractivity contribution < 1.29 is 18.0 Å². The Bertz CT molecular complexity index is 661. The topological polar surface area (TPSA) is 104 Å². The van der Waals surface area contributed by atoms with E-state index in [1.807, 2.05) is 0 Å². The second-order valence-electron chi connectivity index (χ2n) is 4.24. The number of amides is 2. The Labute approximate surface area is 132 Å². The largest absolute Gasteiger partial charge is 0.346 e. The number of hydrazine groups is 1. The minimum atomic E-state index is -4.15. The number of rotatable bonds is 4. The van der Waals surface area contributed by atoms with Crippen LogP contribution < -0.4 is 15.6 Å². The van der Waals surface area contributed by atoms with Crippen molar-refractivity contribution in [1.82, 2.24) is 15.6 Å². The number of benzene rings is 1. The van der Waals surface area contributed by atoms with E-state index in [0.717, 1.165) is 0 Å². The zero-order valence-corrected chi connectivity index (χ0v) is 13.4. The molecule has 10 heteroatoms. The number of nitrogens with one attached hydrogen (secondary N) is 3. The van der Waals surface area contributed by atoms with Crippen molar-refractivity contribution in [3.05, 3.63) is 28.2 Å². The summed E-state index contributed by atoms with van der Waals surface area (Å²) in [4.78, 5) is 24.2. The first-order valence-electron chi connectivity index (χ1n) is 5.72. The van der Waals surface area contributed by atoms with Gasteiger partial charge in [-0.3, -0.25) is 15.0 Å². The summed E-state index contributed by atoms with van der Waals surface area (Å²) in [5, 5.41) is 2.16. The quantitative estimate of drug-likeness (QED) is 0.550. The van der Waals surface area contributed by atoms with Crippen LogP contribution in [0.25, 0.3) is 0 Å². The van der Waals surface area contributed by atoms with Crippen LogP contribution in [0.15, 0.2) is 23.1 Å². The molecule has 2 amide bonds. The van der Waals surface area contributed by atoms with Crippen LogP contribution in [0, 0.1) is 0 Å². The smallest absolute Gasteiger partial charge is 0.324 e. The Morgan fingerprint density at radius 2 is 1.76 bits per heavy atom. The first kappa shape index (κ1) is 17.7. The highest BCUT2D eigenvalue weighted by Crippen LogP contribution is 2.28. The third kappa shape index (κ3) is 4.85. The van der Waals surface area contributed by atoms with Gasteiger partial charge in [-0.25, -0.2) is 8.42 Å². The van der Waals surface area contributed by atoms with Gasteiger partial charge in [0, 0.05) is 6.04 Å². The van der Waals surface area contributed by atoms with Gasteiger partial charge in [0.1, 0.15) is 4.90 Å². The summed E-state index contributed by atoms with van der Waals surface area (Å²) in [7, 11) is -4.15. The predicted molar refractivity (Wildman–Crippen MR) is 78.2 cm³/mol. The van der Waals surface area contributed by atoms with E-state index in [2.05, 4.69) is 5.32 Å². The summed E-state index contributed by atoms with van der Waals surface area (Å²) in [6, 6.07) is 3.74. The van der Waals surface area contributed by atoms with Gasteiger partial charge < -0.3 is 5.32 Å². The Hall–Kier alpha value is -1.35. The van der Waals surface area contributed by atoms with Gasteiger partial charge in [0.15, 0.2) is 0 Å². The van der Waals surface area contributed by atoms with E-state index in [-0.39, 0.29) is 21.0 Å². The molecule has 0 saturated heterocycles. The molecule has 0 aliphatic rings. The Morgan fingerprint density at radius 3 is 2.33 bits per heavy atom. The first-order valence-corrected chi connectivity index (χ1v) is 7.95. The monoisotopic (exact) mass is 353 g/mol. The molecule has 0 bridgehead atoms. The lowest BCUT2D eigenvalue weighted by atomic mass is 10.4. The van der Waals surface area contributed by atoms with E-state index < -0.39 is 21.8 Å². The van der Waals surface area contributed by atoms with Crippen molar-refractivity contribution in [3.63, 3.8) is 0 Å². The summed E-state index contributed by atoms with van der Waals surface area (Å²) in [5.74, 6) is -2.12. The van der Waals surface area contributed by atoms with Gasteiger partial charge >= 0.3 is 11.8 Å². The molecule has 0 saturated carbocycles. The molecule has 0 heterocycles. The molecule has 0 fully saturated rings. The fourth-order valence-corrected chi connectivity index (χ4v) is 2.85. The number of hydrogen-bond acceptors (Lipinski definition) is 4. The highest BCUT2D eigenvalue weighted by molar-refractivity contribution is 7.89. The molecule has 1 aromatic rings. The van der Waals surface area contributed by atoms with Gasteiger partial charge in [-0.15, -0.1) is 4.83 Å². The van der Waals surface area contributed by atoms with Gasteiger partial charge in [0.2, 0.25) is 0 Å². The lowest BCUT2D eigenvalue weighted by Crippen LogP contribution is -2.49. The van der Waals surface area contributed by atoms with E-state index in [1.54, 1.807) is 24.1 Å². The number of carbonyl (C=O) groups excluding carboxylic acids is 2. The van der Waals surface area contributed by atoms with Crippen molar-refractivity contribution in [2.45, 2.75) is 24.8 Å². The summed E-state index contributed by atoms with van der Waals surface area (Å²) in [6.45, 7) is 3.31. The lowest BCUT2D eigenvalue weighted by molar-refractivity contribution is -0.139. The fraction of sp³-hybridized carbons (Fsp3) is 0.273. The van der Waals surface area contributed by atoms with Crippen LogP contribution in [0.3, 0.4) is 0 Å². The Kier molecular flexibility index (Phi) is 5.97. The summed E-state index contributed by atoms with van der Waals surface area (Å²) < 4.78 is 23.9. The van der Waals surface area contributed by atoms with Crippen molar-refractivity contribution >= 4 is 45.0 Å². The van der Waals surface area contributed by atoms with Crippen LogP contribution in [0.2, 0.25) is 10.0 Å². The third-order valence-corrected chi connectivity index (χ3v) is 4.35. The van der Waals surface area contributed by atoms with Crippen LogP contribution in [-0.4, -0.2) is 26.3 Å². The molecular weight excluding hydrogens is 341 g/mol. The van der Waals surface area contributed by atoms with E-state index in [1.165, 1.54) is 18.2 Å². The molecule has 116 valence electrons. The normalized spacial score (nSPS) is 11.3. The molecular formula is C11H13Cl2N3O4S. The maximum Gasteiger partial charge on any atom is 0.324 e. The first-order chi connectivity index (χ1) is 9.65. The lowest BCUT2D eigenvalue weighted by Gasteiger charge is -2.11. The third-order valence-electron chi connectivity index (χ3n) is 2.13. The fourth-order valence-electron chi connectivity index (χ4n) is 1.24. The average Bonchev–Trinajstić information content (AvgIpc) is 2.38. The SMILES string of the molecule is CC(C)NC(=O)C(=O)NNS(=O)(=O)c1cccc(Cl)c1Cl. The van der Waals surface area contributed by atoms with Gasteiger partial charge in [-0.05, 0) is 26.0 Å². The molecule has 0 spiro atoms. The van der Waals surface area contributed by atoms with Crippen molar-refractivity contribution in [3.8, 4) is 0 Å². The number of halogens is 2. The standard InChI is InChI=1S/C11H13Cl2N3O4S/c1-6(2)14-10(17)11(18)15-16-21(19,20)8-5-3-4-7(12)9(8)13/h3-6,16H,1-2H3,(H,14,17)(H,15,18). The van der Waals surface area contributed by atoms with Gasteiger partial charge in [-0.1, -0.05) is 29.3 Å². The zero-order valence-electron chi connectivity index (χ0n) is 11.1. The van der Waals surface area contributed by atoms with Gasteiger partial charge in [-0.2, -0.15) is 0 Å². The minimum Gasteiger partial charge on any atom is -0.346 e. The number of hydrogen-bond donors (Lipinski definition) is 3. The van der Waals surface area contributed by atoms with Gasteiger partial charge in [0.05, 0.1) is 10.0 Å². The van der Waals surface area contributed by atoms with Crippen molar-refractivity contribution in [1.29, 1.82) is 0 Å². The molecule has 0 atom stereocenters. The maximum absolute atomic E-state index is 12.0. The van der Waals surface area contributed by atoms with Gasteiger partial charge in [0.25, 0.3) is 10.0 Å². The molecule has 1 rings (SSSR count). The average molecular weight is 354 g/mol. The zero-order chi connectivity index (χ0) is 16.2. The summed E-state index contributed by atoms with van der Waals surface area (Å²) >= 11 is 11.5. The molecule has 7 nitrogen and oxygen atoms in total. The van der Waals surface area contributed by atoms with Crippen LogP contribution in [0.5, 0.6) is 0 Å². The number of carbonyl (C=O) groups is 2.